The Morgan fingerprint density at radius 3 is 2.45 bits per heavy atom. The van der Waals surface area contributed by atoms with E-state index in [0.717, 1.165) is 5.01 Å². The molecule has 20 heavy (non-hydrogen) atoms. The lowest BCUT2D eigenvalue weighted by Gasteiger charge is -2.32. The quantitative estimate of drug-likeness (QED) is 0.631. The van der Waals surface area contributed by atoms with Crippen molar-refractivity contribution >= 4 is 24.4 Å². The zero-order valence-electron chi connectivity index (χ0n) is 12.5. The molecule has 110 valence electrons. The molecule has 1 aliphatic rings. The fourth-order valence-electron chi connectivity index (χ4n) is 2.03. The van der Waals surface area contributed by atoms with E-state index in [1.165, 1.54) is 18.4 Å². The van der Waals surface area contributed by atoms with Gasteiger partial charge >= 0.3 is 13.1 Å². The van der Waals surface area contributed by atoms with Gasteiger partial charge < -0.3 is 14.0 Å². The number of rotatable bonds is 4. The average Bonchev–Trinajstić information content (AvgIpc) is 2.93. The summed E-state index contributed by atoms with van der Waals surface area (Å²) in [5.74, 6) is -0.539. The van der Waals surface area contributed by atoms with Crippen molar-refractivity contribution in [3.63, 3.8) is 0 Å². The summed E-state index contributed by atoms with van der Waals surface area (Å²) in [4.78, 5) is 15.9. The predicted molar refractivity (Wildman–Crippen MR) is 77.6 cm³/mol. The van der Waals surface area contributed by atoms with Crippen LogP contribution in [0.15, 0.2) is 11.6 Å². The Hall–Kier alpha value is -0.915. The molecule has 2 heterocycles. The van der Waals surface area contributed by atoms with Gasteiger partial charge in [-0.25, -0.2) is 4.98 Å². The zero-order chi connectivity index (χ0) is 15.0. The molecule has 0 bridgehead atoms. The first-order chi connectivity index (χ1) is 9.27. The highest BCUT2D eigenvalue weighted by molar-refractivity contribution is 7.10. The van der Waals surface area contributed by atoms with Crippen LogP contribution in [0.4, 0.5) is 0 Å². The van der Waals surface area contributed by atoms with Crippen LogP contribution in [-0.2, 0) is 18.8 Å². The van der Waals surface area contributed by atoms with Crippen molar-refractivity contribution in [3.05, 3.63) is 16.6 Å². The van der Waals surface area contributed by atoms with Crippen LogP contribution in [0.5, 0.6) is 0 Å². The van der Waals surface area contributed by atoms with Gasteiger partial charge in [-0.1, -0.05) is 0 Å². The van der Waals surface area contributed by atoms with Crippen molar-refractivity contribution in [2.75, 3.05) is 7.11 Å². The van der Waals surface area contributed by atoms with E-state index in [4.69, 9.17) is 14.0 Å². The normalized spacial score (nSPS) is 21.8. The molecule has 0 amide bonds. The molecule has 0 N–H and O–H groups in total. The molecule has 2 rings (SSSR count). The number of thiazole rings is 1. The first-order valence-electron chi connectivity index (χ1n) is 6.58. The molecule has 0 aliphatic carbocycles. The number of nitrogens with zero attached hydrogens (tertiary/aromatic N) is 1. The fourth-order valence-corrected chi connectivity index (χ4v) is 2.79. The summed E-state index contributed by atoms with van der Waals surface area (Å²) in [6.07, 6.45) is 1.91. The second-order valence-electron chi connectivity index (χ2n) is 5.88. The summed E-state index contributed by atoms with van der Waals surface area (Å²) in [6.45, 7) is 7.96. The van der Waals surface area contributed by atoms with Gasteiger partial charge in [0.15, 0.2) is 0 Å². The largest absolute Gasteiger partial charge is 0.469 e. The van der Waals surface area contributed by atoms with E-state index in [1.807, 2.05) is 33.1 Å². The number of esters is 1. The van der Waals surface area contributed by atoms with Crippen LogP contribution in [-0.4, -0.2) is 36.4 Å². The van der Waals surface area contributed by atoms with Gasteiger partial charge in [0.2, 0.25) is 0 Å². The first-order valence-corrected chi connectivity index (χ1v) is 7.46. The van der Waals surface area contributed by atoms with E-state index in [-0.39, 0.29) is 18.2 Å². The lowest BCUT2D eigenvalue weighted by atomic mass is 9.70. The highest BCUT2D eigenvalue weighted by Crippen LogP contribution is 2.42. The average molecular weight is 297 g/mol. The van der Waals surface area contributed by atoms with Crippen molar-refractivity contribution in [2.45, 2.75) is 51.1 Å². The van der Waals surface area contributed by atoms with Gasteiger partial charge in [0, 0.05) is 11.6 Å². The number of aromatic nitrogens is 1. The smallest absolute Gasteiger partial charge is 0.468 e. The van der Waals surface area contributed by atoms with Crippen molar-refractivity contribution in [1.29, 1.82) is 0 Å². The van der Waals surface area contributed by atoms with Gasteiger partial charge in [-0.3, -0.25) is 4.79 Å². The van der Waals surface area contributed by atoms with Gasteiger partial charge in [0.1, 0.15) is 0 Å². The Morgan fingerprint density at radius 1 is 1.40 bits per heavy atom. The lowest BCUT2D eigenvalue weighted by molar-refractivity contribution is -0.140. The van der Waals surface area contributed by atoms with Crippen LogP contribution in [0.1, 0.15) is 44.9 Å². The topological polar surface area (TPSA) is 57.7 Å². The van der Waals surface area contributed by atoms with Gasteiger partial charge in [-0.05, 0) is 27.7 Å². The summed E-state index contributed by atoms with van der Waals surface area (Å²) < 4.78 is 16.8. The summed E-state index contributed by atoms with van der Waals surface area (Å²) in [5, 5.41) is 2.71. The summed E-state index contributed by atoms with van der Waals surface area (Å²) in [6, 6.07) is 0. The summed E-state index contributed by atoms with van der Waals surface area (Å²) >= 11 is 1.49. The molecule has 0 spiro atoms. The standard InChI is InChI=1S/C13H20BNO4S/c1-12(2)13(3,4)19-14(18-12)9(8-10(16)17-5)11-15-6-7-20-11/h6-7,9H,8H2,1-5H3. The minimum absolute atomic E-state index is 0.195. The Labute approximate surface area is 123 Å². The van der Waals surface area contributed by atoms with Crippen molar-refractivity contribution in [1.82, 2.24) is 4.98 Å². The highest BCUT2D eigenvalue weighted by atomic mass is 32.1. The second kappa shape index (κ2) is 5.46. The predicted octanol–water partition coefficient (Wildman–Crippen LogP) is 2.42. The van der Waals surface area contributed by atoms with Crippen molar-refractivity contribution < 1.29 is 18.8 Å². The van der Waals surface area contributed by atoms with E-state index in [9.17, 15) is 4.79 Å². The third-order valence-corrected chi connectivity index (χ3v) is 4.89. The number of ether oxygens (including phenoxy) is 1. The van der Waals surface area contributed by atoms with Crippen LogP contribution in [0.2, 0.25) is 0 Å². The SMILES string of the molecule is COC(=O)CC(B1OC(C)(C)C(C)(C)O1)c1nccs1. The minimum Gasteiger partial charge on any atom is -0.469 e. The second-order valence-corrected chi connectivity index (χ2v) is 6.81. The molecule has 1 unspecified atom stereocenters. The molecule has 0 aromatic carbocycles. The summed E-state index contributed by atoms with van der Waals surface area (Å²) in [7, 11) is 0.885. The van der Waals surface area contributed by atoms with Crippen molar-refractivity contribution in [3.8, 4) is 0 Å². The van der Waals surface area contributed by atoms with Gasteiger partial charge in [0.05, 0.1) is 35.6 Å². The lowest BCUT2D eigenvalue weighted by Crippen LogP contribution is -2.41. The Morgan fingerprint density at radius 2 is 2.00 bits per heavy atom. The van der Waals surface area contributed by atoms with Gasteiger partial charge in [-0.15, -0.1) is 11.3 Å². The maximum Gasteiger partial charge on any atom is 0.468 e. The van der Waals surface area contributed by atoms with Crippen LogP contribution in [0, 0.1) is 0 Å². The molecular weight excluding hydrogens is 277 g/mol. The molecule has 1 fully saturated rings. The number of carbonyl (C=O) groups is 1. The number of hydrogen-bond donors (Lipinski definition) is 0. The molecule has 5 nitrogen and oxygen atoms in total. The van der Waals surface area contributed by atoms with E-state index < -0.39 is 18.3 Å². The Bertz CT molecular complexity index is 459. The number of hydrogen-bond acceptors (Lipinski definition) is 6. The molecule has 0 radical (unpaired) electrons. The van der Waals surface area contributed by atoms with E-state index in [0.29, 0.717) is 0 Å². The van der Waals surface area contributed by atoms with E-state index in [2.05, 4.69) is 4.98 Å². The summed E-state index contributed by atoms with van der Waals surface area (Å²) in [5.41, 5.74) is -0.855. The third kappa shape index (κ3) is 2.89. The monoisotopic (exact) mass is 297 g/mol. The van der Waals surface area contributed by atoms with Crippen molar-refractivity contribution in [2.24, 2.45) is 0 Å². The van der Waals surface area contributed by atoms with Gasteiger partial charge in [0.25, 0.3) is 0 Å². The first kappa shape index (κ1) is 15.5. The molecule has 1 aromatic rings. The molecular formula is C13H20BNO4S. The molecule has 1 aromatic heterocycles. The molecule has 1 saturated heterocycles. The van der Waals surface area contributed by atoms with Crippen LogP contribution >= 0.6 is 11.3 Å². The molecule has 7 heteroatoms. The van der Waals surface area contributed by atoms with Crippen LogP contribution in [0.25, 0.3) is 0 Å². The maximum absolute atomic E-state index is 11.6. The molecule has 1 aliphatic heterocycles. The van der Waals surface area contributed by atoms with Crippen LogP contribution in [0.3, 0.4) is 0 Å². The van der Waals surface area contributed by atoms with Crippen LogP contribution < -0.4 is 0 Å². The van der Waals surface area contributed by atoms with E-state index >= 15 is 0 Å². The highest BCUT2D eigenvalue weighted by Gasteiger charge is 2.54. The Kier molecular flexibility index (Phi) is 4.23. The maximum atomic E-state index is 11.6. The Balaban J connectivity index is 2.23. The minimum atomic E-state index is -0.495. The van der Waals surface area contributed by atoms with Gasteiger partial charge in [-0.2, -0.15) is 0 Å². The number of methoxy groups -OCH3 is 1. The zero-order valence-corrected chi connectivity index (χ0v) is 13.3. The molecule has 0 saturated carbocycles. The van der Waals surface area contributed by atoms with E-state index in [1.54, 1.807) is 6.20 Å². The fraction of sp³-hybridized carbons (Fsp3) is 0.692. The third-order valence-electron chi connectivity index (χ3n) is 3.98. The number of carbonyl (C=O) groups excluding carboxylic acids is 1. The molecule has 1 atom stereocenters.